The van der Waals surface area contributed by atoms with Crippen molar-refractivity contribution in [3.8, 4) is 5.75 Å². The van der Waals surface area contributed by atoms with Gasteiger partial charge in [-0.15, -0.1) is 0 Å². The van der Waals surface area contributed by atoms with Crippen LogP contribution in [0.25, 0.3) is 0 Å². The van der Waals surface area contributed by atoms with Crippen LogP contribution in [0.1, 0.15) is 43.0 Å². The summed E-state index contributed by atoms with van der Waals surface area (Å²) < 4.78 is 6.05. The quantitative estimate of drug-likeness (QED) is 0.883. The standard InChI is InChI=1S/C20H22ClNO2/c1-13-8-9-18-15(10-13)17(12-20(2,3)24-18)22-19(23)11-14-6-4-5-7-16(14)21/h4-10,17H,11-12H2,1-3H3,(H,22,23)/t17-/m1/s1. The second-order valence-electron chi connectivity index (χ2n) is 7.00. The third kappa shape index (κ3) is 3.73. The van der Waals surface area contributed by atoms with Crippen molar-refractivity contribution >= 4 is 17.5 Å². The SMILES string of the molecule is Cc1ccc2c(c1)[C@H](NC(=O)Cc1ccccc1Cl)CC(C)(C)O2. The lowest BCUT2D eigenvalue weighted by molar-refractivity contribution is -0.121. The molecule has 2 aromatic carbocycles. The monoisotopic (exact) mass is 343 g/mol. The van der Waals surface area contributed by atoms with Gasteiger partial charge in [-0.2, -0.15) is 0 Å². The Bertz CT molecular complexity index is 770. The summed E-state index contributed by atoms with van der Waals surface area (Å²) in [6.45, 7) is 6.13. The summed E-state index contributed by atoms with van der Waals surface area (Å²) in [5, 5.41) is 3.78. The van der Waals surface area contributed by atoms with Gasteiger partial charge in [-0.05, 0) is 38.5 Å². The molecule has 1 heterocycles. The summed E-state index contributed by atoms with van der Waals surface area (Å²) in [4.78, 5) is 12.5. The lowest BCUT2D eigenvalue weighted by Gasteiger charge is -2.38. The van der Waals surface area contributed by atoms with Crippen LogP contribution < -0.4 is 10.1 Å². The van der Waals surface area contributed by atoms with E-state index in [1.807, 2.05) is 51.1 Å². The van der Waals surface area contributed by atoms with Crippen LogP contribution in [-0.2, 0) is 11.2 Å². The second-order valence-corrected chi connectivity index (χ2v) is 7.40. The highest BCUT2D eigenvalue weighted by atomic mass is 35.5. The highest BCUT2D eigenvalue weighted by Crippen LogP contribution is 2.39. The molecule has 2 aromatic rings. The van der Waals surface area contributed by atoms with E-state index in [-0.39, 0.29) is 24.0 Å². The molecule has 0 saturated heterocycles. The van der Waals surface area contributed by atoms with E-state index >= 15 is 0 Å². The molecular formula is C20H22ClNO2. The zero-order valence-electron chi connectivity index (χ0n) is 14.2. The molecule has 0 radical (unpaired) electrons. The van der Waals surface area contributed by atoms with Crippen LogP contribution in [0.3, 0.4) is 0 Å². The molecule has 24 heavy (non-hydrogen) atoms. The second kappa shape index (κ2) is 6.48. The number of ether oxygens (including phenoxy) is 1. The minimum atomic E-state index is -0.315. The predicted molar refractivity (Wildman–Crippen MR) is 96.5 cm³/mol. The Balaban J connectivity index is 1.80. The Morgan fingerprint density at radius 3 is 2.79 bits per heavy atom. The Morgan fingerprint density at radius 1 is 1.29 bits per heavy atom. The van der Waals surface area contributed by atoms with Crippen LogP contribution in [0.5, 0.6) is 5.75 Å². The lowest BCUT2D eigenvalue weighted by Crippen LogP contribution is -2.41. The topological polar surface area (TPSA) is 38.3 Å². The first-order valence-corrected chi connectivity index (χ1v) is 8.54. The van der Waals surface area contributed by atoms with Crippen LogP contribution in [0.15, 0.2) is 42.5 Å². The Labute approximate surface area is 148 Å². The number of carbonyl (C=O) groups excluding carboxylic acids is 1. The summed E-state index contributed by atoms with van der Waals surface area (Å²) in [5.74, 6) is 0.818. The highest BCUT2D eigenvalue weighted by Gasteiger charge is 2.34. The summed E-state index contributed by atoms with van der Waals surface area (Å²) in [5.41, 5.74) is 2.72. The van der Waals surface area contributed by atoms with Crippen LogP contribution in [-0.4, -0.2) is 11.5 Å². The van der Waals surface area contributed by atoms with Crippen LogP contribution in [0.4, 0.5) is 0 Å². The first kappa shape index (κ1) is 16.8. The van der Waals surface area contributed by atoms with Gasteiger partial charge >= 0.3 is 0 Å². The number of fused-ring (bicyclic) bond motifs is 1. The average Bonchev–Trinajstić information content (AvgIpc) is 2.49. The molecule has 0 aliphatic carbocycles. The fourth-order valence-electron chi connectivity index (χ4n) is 3.16. The fraction of sp³-hybridized carbons (Fsp3) is 0.350. The third-order valence-corrected chi connectivity index (χ3v) is 4.64. The maximum Gasteiger partial charge on any atom is 0.224 e. The summed E-state index contributed by atoms with van der Waals surface area (Å²) in [6, 6.07) is 13.5. The number of aryl methyl sites for hydroxylation is 1. The van der Waals surface area contributed by atoms with Crippen molar-refractivity contribution in [3.05, 3.63) is 64.2 Å². The van der Waals surface area contributed by atoms with E-state index in [1.54, 1.807) is 6.07 Å². The summed E-state index contributed by atoms with van der Waals surface area (Å²) >= 11 is 6.16. The van der Waals surface area contributed by atoms with Gasteiger partial charge in [-0.3, -0.25) is 4.79 Å². The number of rotatable bonds is 3. The van der Waals surface area contributed by atoms with E-state index in [2.05, 4.69) is 11.4 Å². The van der Waals surface area contributed by atoms with Crippen molar-refractivity contribution in [1.82, 2.24) is 5.32 Å². The smallest absolute Gasteiger partial charge is 0.224 e. The van der Waals surface area contributed by atoms with Gasteiger partial charge in [-0.25, -0.2) is 0 Å². The van der Waals surface area contributed by atoms with E-state index < -0.39 is 0 Å². The molecule has 0 unspecified atom stereocenters. The van der Waals surface area contributed by atoms with Crippen molar-refractivity contribution in [2.45, 2.75) is 45.3 Å². The molecule has 0 bridgehead atoms. The third-order valence-electron chi connectivity index (χ3n) is 4.27. The molecule has 1 amide bonds. The molecule has 0 saturated carbocycles. The van der Waals surface area contributed by atoms with E-state index in [9.17, 15) is 4.79 Å². The van der Waals surface area contributed by atoms with Gasteiger partial charge < -0.3 is 10.1 Å². The maximum atomic E-state index is 12.5. The number of amides is 1. The van der Waals surface area contributed by atoms with Crippen molar-refractivity contribution < 1.29 is 9.53 Å². The highest BCUT2D eigenvalue weighted by molar-refractivity contribution is 6.31. The van der Waals surface area contributed by atoms with Gasteiger partial charge in [0.1, 0.15) is 11.4 Å². The summed E-state index contributed by atoms with van der Waals surface area (Å²) in [6.07, 6.45) is 1.01. The first-order valence-electron chi connectivity index (χ1n) is 8.16. The molecular weight excluding hydrogens is 322 g/mol. The van der Waals surface area contributed by atoms with Crippen molar-refractivity contribution in [3.63, 3.8) is 0 Å². The Kier molecular flexibility index (Phi) is 4.55. The zero-order valence-corrected chi connectivity index (χ0v) is 15.0. The molecule has 4 heteroatoms. The predicted octanol–water partition coefficient (Wildman–Crippen LogP) is 4.61. The number of carbonyl (C=O) groups is 1. The molecule has 0 aromatic heterocycles. The molecule has 0 fully saturated rings. The number of nitrogens with one attached hydrogen (secondary N) is 1. The van der Waals surface area contributed by atoms with Crippen molar-refractivity contribution in [2.75, 3.05) is 0 Å². The average molecular weight is 344 g/mol. The molecule has 1 atom stereocenters. The normalized spacial score (nSPS) is 18.4. The molecule has 0 spiro atoms. The number of hydrogen-bond acceptors (Lipinski definition) is 2. The van der Waals surface area contributed by atoms with Crippen molar-refractivity contribution in [2.24, 2.45) is 0 Å². The van der Waals surface area contributed by atoms with Gasteiger partial charge in [0.15, 0.2) is 0 Å². The van der Waals surface area contributed by atoms with Crippen LogP contribution in [0.2, 0.25) is 5.02 Å². The maximum absolute atomic E-state index is 12.5. The van der Waals surface area contributed by atoms with Crippen molar-refractivity contribution in [1.29, 1.82) is 0 Å². The Hall–Kier alpha value is -2.00. The minimum absolute atomic E-state index is 0.0294. The van der Waals surface area contributed by atoms with Crippen LogP contribution in [0, 0.1) is 6.92 Å². The number of benzene rings is 2. The molecule has 126 valence electrons. The van der Waals surface area contributed by atoms with E-state index in [0.717, 1.165) is 28.9 Å². The van der Waals surface area contributed by atoms with Gasteiger partial charge in [0.05, 0.1) is 12.5 Å². The number of hydrogen-bond donors (Lipinski definition) is 1. The minimum Gasteiger partial charge on any atom is -0.487 e. The van der Waals surface area contributed by atoms with Gasteiger partial charge in [0.25, 0.3) is 0 Å². The van der Waals surface area contributed by atoms with Gasteiger partial charge in [0, 0.05) is 17.0 Å². The fourth-order valence-corrected chi connectivity index (χ4v) is 3.37. The zero-order chi connectivity index (χ0) is 17.3. The Morgan fingerprint density at radius 2 is 2.04 bits per heavy atom. The van der Waals surface area contributed by atoms with E-state index in [0.29, 0.717) is 5.02 Å². The molecule has 1 aliphatic rings. The van der Waals surface area contributed by atoms with E-state index in [1.165, 1.54) is 0 Å². The first-order chi connectivity index (χ1) is 11.3. The molecule has 3 nitrogen and oxygen atoms in total. The summed E-state index contributed by atoms with van der Waals surface area (Å²) in [7, 11) is 0. The van der Waals surface area contributed by atoms with Gasteiger partial charge in [-0.1, -0.05) is 47.5 Å². The molecule has 3 rings (SSSR count). The molecule has 1 aliphatic heterocycles. The largest absolute Gasteiger partial charge is 0.487 e. The van der Waals surface area contributed by atoms with Crippen LogP contribution >= 0.6 is 11.6 Å². The molecule has 1 N–H and O–H groups in total. The van der Waals surface area contributed by atoms with E-state index in [4.69, 9.17) is 16.3 Å². The van der Waals surface area contributed by atoms with Gasteiger partial charge in [0.2, 0.25) is 5.91 Å². The lowest BCUT2D eigenvalue weighted by atomic mass is 9.89. The number of halogens is 1.